The second-order valence-corrected chi connectivity index (χ2v) is 7.27. The molecule has 1 atom stereocenters. The molecule has 0 aliphatic carbocycles. The van der Waals surface area contributed by atoms with Gasteiger partial charge in [-0.15, -0.1) is 0 Å². The first-order valence-corrected chi connectivity index (χ1v) is 9.84. The standard InChI is InChI=1S/C22H14ClF2N5O3/c1-11(9-26)33-17-5-4-14(18(24)19(17)25)16-10-28-21-20(27-6-7-30(16)21)29-12-2-3-13(22(31)32)15(23)8-12/h2-8,10-11H,1H3,(H,27,29)(H,31,32). The van der Waals surface area contributed by atoms with Gasteiger partial charge < -0.3 is 15.2 Å². The number of nitrogens with zero attached hydrogens (tertiary/aromatic N) is 4. The minimum atomic E-state index is -1.22. The number of hydrogen-bond acceptors (Lipinski definition) is 6. The van der Waals surface area contributed by atoms with Gasteiger partial charge in [0.05, 0.1) is 22.5 Å². The van der Waals surface area contributed by atoms with Crippen molar-refractivity contribution in [3.05, 3.63) is 71.1 Å². The Morgan fingerprint density at radius 1 is 1.27 bits per heavy atom. The van der Waals surface area contributed by atoms with Crippen molar-refractivity contribution in [1.29, 1.82) is 5.26 Å². The Labute approximate surface area is 190 Å². The maximum Gasteiger partial charge on any atom is 0.337 e. The number of imidazole rings is 1. The lowest BCUT2D eigenvalue weighted by atomic mass is 10.1. The highest BCUT2D eigenvalue weighted by Gasteiger charge is 2.20. The lowest BCUT2D eigenvalue weighted by Gasteiger charge is -2.12. The van der Waals surface area contributed by atoms with Gasteiger partial charge in [0, 0.05) is 23.6 Å². The van der Waals surface area contributed by atoms with Gasteiger partial charge in [-0.05, 0) is 37.3 Å². The van der Waals surface area contributed by atoms with Gasteiger partial charge >= 0.3 is 5.97 Å². The molecule has 11 heteroatoms. The topological polar surface area (TPSA) is 113 Å². The SMILES string of the molecule is CC(C#N)Oc1ccc(-c2cnc3c(Nc4ccc(C(=O)O)c(Cl)c4)nccn23)c(F)c1F. The van der Waals surface area contributed by atoms with E-state index in [-0.39, 0.29) is 33.4 Å². The molecule has 4 aromatic rings. The Kier molecular flexibility index (Phi) is 5.81. The van der Waals surface area contributed by atoms with Gasteiger partial charge in [0.25, 0.3) is 0 Å². The molecule has 0 fully saturated rings. The first-order chi connectivity index (χ1) is 15.8. The van der Waals surface area contributed by atoms with Crippen molar-refractivity contribution in [1.82, 2.24) is 14.4 Å². The Morgan fingerprint density at radius 2 is 2.06 bits per heavy atom. The van der Waals surface area contributed by atoms with Gasteiger partial charge in [-0.3, -0.25) is 4.40 Å². The van der Waals surface area contributed by atoms with Crippen LogP contribution in [-0.2, 0) is 0 Å². The number of aromatic carboxylic acids is 1. The van der Waals surface area contributed by atoms with Gasteiger partial charge in [0.1, 0.15) is 6.07 Å². The van der Waals surface area contributed by atoms with E-state index >= 15 is 0 Å². The van der Waals surface area contributed by atoms with Crippen LogP contribution >= 0.6 is 11.6 Å². The predicted octanol–water partition coefficient (Wildman–Crippen LogP) is 5.06. The highest BCUT2D eigenvalue weighted by Crippen LogP contribution is 2.32. The third-order valence-corrected chi connectivity index (χ3v) is 5.01. The number of hydrogen-bond donors (Lipinski definition) is 2. The van der Waals surface area contributed by atoms with Crippen LogP contribution in [-0.4, -0.2) is 31.5 Å². The maximum absolute atomic E-state index is 14.8. The number of carboxylic acid groups (broad SMARTS) is 1. The molecular weight excluding hydrogens is 456 g/mol. The van der Waals surface area contributed by atoms with E-state index < -0.39 is 23.7 Å². The van der Waals surface area contributed by atoms with Gasteiger partial charge in [0.2, 0.25) is 5.82 Å². The van der Waals surface area contributed by atoms with Crippen molar-refractivity contribution in [3.8, 4) is 23.1 Å². The number of fused-ring (bicyclic) bond motifs is 1. The number of carboxylic acids is 1. The van der Waals surface area contributed by atoms with E-state index in [1.165, 1.54) is 60.2 Å². The largest absolute Gasteiger partial charge is 0.478 e. The van der Waals surface area contributed by atoms with Gasteiger partial charge in [-0.2, -0.15) is 9.65 Å². The second kappa shape index (κ2) is 8.72. The Bertz CT molecular complexity index is 1430. The van der Waals surface area contributed by atoms with Crippen molar-refractivity contribution in [3.63, 3.8) is 0 Å². The highest BCUT2D eigenvalue weighted by atomic mass is 35.5. The average molecular weight is 470 g/mol. The maximum atomic E-state index is 14.8. The Morgan fingerprint density at radius 3 is 2.76 bits per heavy atom. The molecule has 0 amide bonds. The van der Waals surface area contributed by atoms with Crippen molar-refractivity contribution in [2.45, 2.75) is 13.0 Å². The molecule has 2 aromatic carbocycles. The van der Waals surface area contributed by atoms with Crippen LogP contribution < -0.4 is 10.1 Å². The van der Waals surface area contributed by atoms with E-state index in [2.05, 4.69) is 15.3 Å². The molecule has 0 radical (unpaired) electrons. The summed E-state index contributed by atoms with van der Waals surface area (Å²) in [5, 5.41) is 20.9. The fourth-order valence-corrected chi connectivity index (χ4v) is 3.41. The predicted molar refractivity (Wildman–Crippen MR) is 116 cm³/mol. The summed E-state index contributed by atoms with van der Waals surface area (Å²) in [6.07, 6.45) is 3.38. The molecule has 2 aromatic heterocycles. The van der Waals surface area contributed by atoms with Crippen LogP contribution in [0, 0.1) is 23.0 Å². The smallest absolute Gasteiger partial charge is 0.337 e. The molecule has 0 aliphatic heterocycles. The summed E-state index contributed by atoms with van der Waals surface area (Å²) in [6, 6.07) is 8.65. The van der Waals surface area contributed by atoms with Crippen LogP contribution in [0.4, 0.5) is 20.3 Å². The van der Waals surface area contributed by atoms with E-state index in [1.807, 2.05) is 0 Å². The number of anilines is 2. The number of halogens is 3. The van der Waals surface area contributed by atoms with Crippen molar-refractivity contribution in [2.75, 3.05) is 5.32 Å². The van der Waals surface area contributed by atoms with Crippen molar-refractivity contribution in [2.24, 2.45) is 0 Å². The number of rotatable bonds is 6. The Hall–Kier alpha value is -4.23. The highest BCUT2D eigenvalue weighted by molar-refractivity contribution is 6.33. The zero-order valence-corrected chi connectivity index (χ0v) is 17.6. The van der Waals surface area contributed by atoms with Crippen LogP contribution in [0.25, 0.3) is 16.9 Å². The fraction of sp³-hybridized carbons (Fsp3) is 0.0909. The van der Waals surface area contributed by atoms with E-state index in [9.17, 15) is 13.6 Å². The van der Waals surface area contributed by atoms with Gasteiger partial charge in [0.15, 0.2) is 29.1 Å². The zero-order chi connectivity index (χ0) is 23.7. The molecular formula is C22H14ClF2N5O3. The van der Waals surface area contributed by atoms with Crippen LogP contribution in [0.1, 0.15) is 17.3 Å². The molecule has 0 saturated carbocycles. The molecule has 33 heavy (non-hydrogen) atoms. The minimum absolute atomic E-state index is 0.0362. The minimum Gasteiger partial charge on any atom is -0.478 e. The summed E-state index contributed by atoms with van der Waals surface area (Å²) in [4.78, 5) is 19.6. The number of aromatic nitrogens is 3. The Balaban J connectivity index is 1.71. The van der Waals surface area contributed by atoms with Crippen LogP contribution in [0.2, 0.25) is 5.02 Å². The van der Waals surface area contributed by atoms with E-state index in [0.717, 1.165) is 0 Å². The van der Waals surface area contributed by atoms with E-state index in [4.69, 9.17) is 26.7 Å². The van der Waals surface area contributed by atoms with Crippen LogP contribution in [0.5, 0.6) is 5.75 Å². The summed E-state index contributed by atoms with van der Waals surface area (Å²) in [5.74, 6) is -3.61. The molecule has 0 spiro atoms. The quantitative estimate of drug-likeness (QED) is 0.405. The van der Waals surface area contributed by atoms with Crippen molar-refractivity contribution < 1.29 is 23.4 Å². The lowest BCUT2D eigenvalue weighted by molar-refractivity contribution is 0.0697. The molecule has 1 unspecified atom stereocenters. The number of benzene rings is 2. The van der Waals surface area contributed by atoms with E-state index in [0.29, 0.717) is 11.3 Å². The molecule has 0 saturated heterocycles. The van der Waals surface area contributed by atoms with Crippen molar-refractivity contribution >= 4 is 34.7 Å². The molecule has 2 N–H and O–H groups in total. The number of nitriles is 1. The zero-order valence-electron chi connectivity index (χ0n) is 16.9. The molecule has 166 valence electrons. The monoisotopic (exact) mass is 469 g/mol. The molecule has 8 nitrogen and oxygen atoms in total. The summed E-state index contributed by atoms with van der Waals surface area (Å²) >= 11 is 6.01. The third kappa shape index (κ3) is 4.14. The first-order valence-electron chi connectivity index (χ1n) is 9.46. The third-order valence-electron chi connectivity index (χ3n) is 4.70. The normalized spacial score (nSPS) is 11.7. The summed E-state index contributed by atoms with van der Waals surface area (Å²) in [6.45, 7) is 1.42. The number of carbonyl (C=O) groups is 1. The lowest BCUT2D eigenvalue weighted by Crippen LogP contribution is -2.10. The van der Waals surface area contributed by atoms with Gasteiger partial charge in [-0.25, -0.2) is 19.2 Å². The second-order valence-electron chi connectivity index (χ2n) is 6.87. The van der Waals surface area contributed by atoms with Crippen LogP contribution in [0.15, 0.2) is 48.9 Å². The molecule has 2 heterocycles. The molecule has 4 rings (SSSR count). The molecule has 0 aliphatic rings. The van der Waals surface area contributed by atoms with E-state index in [1.54, 1.807) is 6.07 Å². The number of nitrogens with one attached hydrogen (secondary N) is 1. The molecule has 0 bridgehead atoms. The first kappa shape index (κ1) is 22.0. The summed E-state index contributed by atoms with van der Waals surface area (Å²) < 4.78 is 36.0. The number of ether oxygens (including phenoxy) is 1. The summed E-state index contributed by atoms with van der Waals surface area (Å²) in [5.41, 5.74) is 0.907. The van der Waals surface area contributed by atoms with Gasteiger partial charge in [-0.1, -0.05) is 11.6 Å². The fourth-order valence-electron chi connectivity index (χ4n) is 3.15. The average Bonchev–Trinajstić information content (AvgIpc) is 3.22. The van der Waals surface area contributed by atoms with Crippen LogP contribution in [0.3, 0.4) is 0 Å². The summed E-state index contributed by atoms with van der Waals surface area (Å²) in [7, 11) is 0.